The molecule has 4 nitrogen and oxygen atoms in total. The summed E-state index contributed by atoms with van der Waals surface area (Å²) in [6.45, 7) is 5.02. The van der Waals surface area contributed by atoms with E-state index >= 15 is 0 Å². The Labute approximate surface area is 111 Å². The number of carboxylic acids is 1. The van der Waals surface area contributed by atoms with Gasteiger partial charge in [0, 0.05) is 6.54 Å². The summed E-state index contributed by atoms with van der Waals surface area (Å²) in [6, 6.07) is 5.10. The quantitative estimate of drug-likeness (QED) is 0.882. The van der Waals surface area contributed by atoms with Crippen LogP contribution in [0.3, 0.4) is 0 Å². The second kappa shape index (κ2) is 5.40. The topological polar surface area (TPSA) is 66.4 Å². The number of halogens is 1. The van der Waals surface area contributed by atoms with E-state index in [9.17, 15) is 9.59 Å². The van der Waals surface area contributed by atoms with E-state index in [1.54, 1.807) is 32.0 Å². The molecule has 1 aromatic rings. The van der Waals surface area contributed by atoms with Crippen LogP contribution in [-0.4, -0.2) is 23.5 Å². The average Bonchev–Trinajstić information content (AvgIpc) is 2.25. The molecule has 0 bridgehead atoms. The predicted octanol–water partition coefficient (Wildman–Crippen LogP) is 2.49. The van der Waals surface area contributed by atoms with Crippen LogP contribution in [0, 0.1) is 12.3 Å². The van der Waals surface area contributed by atoms with Gasteiger partial charge in [0.2, 0.25) is 0 Å². The summed E-state index contributed by atoms with van der Waals surface area (Å²) in [4.78, 5) is 22.8. The molecule has 0 saturated carbocycles. The van der Waals surface area contributed by atoms with Crippen molar-refractivity contribution in [3.8, 4) is 0 Å². The fourth-order valence-electron chi connectivity index (χ4n) is 1.28. The maximum Gasteiger partial charge on any atom is 0.310 e. The van der Waals surface area contributed by atoms with Crippen LogP contribution in [-0.2, 0) is 4.79 Å². The van der Waals surface area contributed by atoms with E-state index in [4.69, 9.17) is 16.7 Å². The molecule has 0 aliphatic rings. The number of carboxylic acid groups (broad SMARTS) is 1. The molecule has 2 N–H and O–H groups in total. The summed E-state index contributed by atoms with van der Waals surface area (Å²) in [5, 5.41) is 11.9. The second-order valence-corrected chi connectivity index (χ2v) is 5.26. The van der Waals surface area contributed by atoms with Crippen LogP contribution >= 0.6 is 11.6 Å². The van der Waals surface area contributed by atoms with Crippen molar-refractivity contribution < 1.29 is 14.7 Å². The Morgan fingerprint density at radius 3 is 2.50 bits per heavy atom. The maximum absolute atomic E-state index is 11.9. The molecule has 0 fully saturated rings. The second-order valence-electron chi connectivity index (χ2n) is 4.86. The van der Waals surface area contributed by atoms with Gasteiger partial charge in [-0.2, -0.15) is 0 Å². The van der Waals surface area contributed by atoms with E-state index in [0.29, 0.717) is 10.6 Å². The number of hydrogen-bond donors (Lipinski definition) is 2. The number of aryl methyl sites for hydroxylation is 1. The third-order valence-corrected chi connectivity index (χ3v) is 2.95. The summed E-state index contributed by atoms with van der Waals surface area (Å²) in [5.41, 5.74) is 0.304. The minimum atomic E-state index is -1.01. The van der Waals surface area contributed by atoms with Crippen LogP contribution in [0.15, 0.2) is 18.2 Å². The number of carbonyl (C=O) groups is 2. The van der Waals surface area contributed by atoms with Gasteiger partial charge >= 0.3 is 5.97 Å². The van der Waals surface area contributed by atoms with Crippen molar-refractivity contribution in [3.63, 3.8) is 0 Å². The van der Waals surface area contributed by atoms with E-state index in [1.807, 2.05) is 6.92 Å². The van der Waals surface area contributed by atoms with E-state index in [1.165, 1.54) is 0 Å². The van der Waals surface area contributed by atoms with Gasteiger partial charge in [0.25, 0.3) is 5.91 Å². The lowest BCUT2D eigenvalue weighted by Gasteiger charge is -2.19. The van der Waals surface area contributed by atoms with Gasteiger partial charge in [0.1, 0.15) is 0 Å². The lowest BCUT2D eigenvalue weighted by molar-refractivity contribution is -0.146. The number of hydrogen-bond acceptors (Lipinski definition) is 2. The van der Waals surface area contributed by atoms with Gasteiger partial charge in [-0.15, -0.1) is 0 Å². The molecule has 0 aliphatic carbocycles. The Morgan fingerprint density at radius 2 is 2.00 bits per heavy atom. The van der Waals surface area contributed by atoms with Crippen molar-refractivity contribution in [2.75, 3.05) is 6.54 Å². The Balaban J connectivity index is 2.75. The van der Waals surface area contributed by atoms with Gasteiger partial charge < -0.3 is 10.4 Å². The molecule has 0 saturated heterocycles. The van der Waals surface area contributed by atoms with Crippen LogP contribution in [0.25, 0.3) is 0 Å². The van der Waals surface area contributed by atoms with Crippen LogP contribution in [0.5, 0.6) is 0 Å². The smallest absolute Gasteiger partial charge is 0.310 e. The molecule has 1 aromatic carbocycles. The van der Waals surface area contributed by atoms with Crippen molar-refractivity contribution >= 4 is 23.5 Å². The third-order valence-electron chi connectivity index (χ3n) is 2.64. The zero-order valence-corrected chi connectivity index (χ0v) is 11.3. The number of nitrogens with one attached hydrogen (secondary N) is 1. The van der Waals surface area contributed by atoms with E-state index in [2.05, 4.69) is 5.32 Å². The lowest BCUT2D eigenvalue weighted by Crippen LogP contribution is -2.39. The van der Waals surface area contributed by atoms with Gasteiger partial charge in [-0.25, -0.2) is 0 Å². The monoisotopic (exact) mass is 269 g/mol. The first-order valence-corrected chi connectivity index (χ1v) is 5.89. The van der Waals surface area contributed by atoms with Gasteiger partial charge in [0.05, 0.1) is 16.0 Å². The van der Waals surface area contributed by atoms with E-state index in [0.717, 1.165) is 5.56 Å². The summed E-state index contributed by atoms with van der Waals surface area (Å²) < 4.78 is 0. The van der Waals surface area contributed by atoms with Crippen molar-refractivity contribution in [1.82, 2.24) is 5.32 Å². The van der Waals surface area contributed by atoms with Gasteiger partial charge in [-0.3, -0.25) is 9.59 Å². The molecule has 0 heterocycles. The zero-order valence-electron chi connectivity index (χ0n) is 10.6. The van der Waals surface area contributed by atoms with E-state index in [-0.39, 0.29) is 12.5 Å². The predicted molar refractivity (Wildman–Crippen MR) is 69.9 cm³/mol. The number of rotatable bonds is 4. The fraction of sp³-hybridized carbons (Fsp3) is 0.385. The van der Waals surface area contributed by atoms with Crippen LogP contribution < -0.4 is 5.32 Å². The largest absolute Gasteiger partial charge is 0.481 e. The van der Waals surface area contributed by atoms with Crippen LogP contribution in [0.2, 0.25) is 5.02 Å². The minimum Gasteiger partial charge on any atom is -0.481 e. The average molecular weight is 270 g/mol. The van der Waals surface area contributed by atoms with Gasteiger partial charge in [-0.05, 0) is 38.5 Å². The van der Waals surface area contributed by atoms with Gasteiger partial charge in [0.15, 0.2) is 0 Å². The molecule has 0 unspecified atom stereocenters. The summed E-state index contributed by atoms with van der Waals surface area (Å²) >= 11 is 5.96. The SMILES string of the molecule is Cc1ccc(C(=O)NCC(C)(C)C(=O)O)c(Cl)c1. The third kappa shape index (κ3) is 3.47. The number of aliphatic carboxylic acids is 1. The maximum atomic E-state index is 11.9. The van der Waals surface area contributed by atoms with E-state index < -0.39 is 11.4 Å². The Kier molecular flexibility index (Phi) is 4.35. The van der Waals surface area contributed by atoms with Crippen LogP contribution in [0.1, 0.15) is 29.8 Å². The van der Waals surface area contributed by atoms with Crippen molar-refractivity contribution in [2.45, 2.75) is 20.8 Å². The molecular weight excluding hydrogens is 254 g/mol. The molecule has 0 aliphatic heterocycles. The first-order chi connectivity index (χ1) is 8.24. The Bertz CT molecular complexity index is 483. The lowest BCUT2D eigenvalue weighted by atomic mass is 9.94. The van der Waals surface area contributed by atoms with Gasteiger partial charge in [-0.1, -0.05) is 17.7 Å². The molecule has 98 valence electrons. The van der Waals surface area contributed by atoms with Crippen LogP contribution in [0.4, 0.5) is 0 Å². The fourth-order valence-corrected chi connectivity index (χ4v) is 1.60. The van der Waals surface area contributed by atoms with Crippen molar-refractivity contribution in [2.24, 2.45) is 5.41 Å². The highest BCUT2D eigenvalue weighted by atomic mass is 35.5. The summed E-state index contributed by atoms with van der Waals surface area (Å²) in [7, 11) is 0. The molecule has 0 aromatic heterocycles. The highest BCUT2D eigenvalue weighted by Gasteiger charge is 2.27. The molecular formula is C13H16ClNO3. The first kappa shape index (κ1) is 14.5. The minimum absolute atomic E-state index is 0.0470. The Morgan fingerprint density at radius 1 is 1.39 bits per heavy atom. The standard InChI is InChI=1S/C13H16ClNO3/c1-8-4-5-9(10(14)6-8)11(16)15-7-13(2,3)12(17)18/h4-6H,7H2,1-3H3,(H,15,16)(H,17,18). The van der Waals surface area contributed by atoms with Crippen molar-refractivity contribution in [1.29, 1.82) is 0 Å². The normalized spacial score (nSPS) is 11.1. The summed E-state index contributed by atoms with van der Waals surface area (Å²) in [5.74, 6) is -1.33. The first-order valence-electron chi connectivity index (χ1n) is 5.52. The molecule has 18 heavy (non-hydrogen) atoms. The molecule has 0 atom stereocenters. The summed E-state index contributed by atoms with van der Waals surface area (Å²) in [6.07, 6.45) is 0. The number of benzene rings is 1. The molecule has 1 amide bonds. The highest BCUT2D eigenvalue weighted by molar-refractivity contribution is 6.33. The Hall–Kier alpha value is -1.55. The molecule has 0 radical (unpaired) electrons. The molecule has 5 heteroatoms. The number of amides is 1. The zero-order chi connectivity index (χ0) is 13.9. The highest BCUT2D eigenvalue weighted by Crippen LogP contribution is 2.18. The molecule has 0 spiro atoms. The molecule has 1 rings (SSSR count). The number of carbonyl (C=O) groups excluding carboxylic acids is 1. The van der Waals surface area contributed by atoms with Crippen molar-refractivity contribution in [3.05, 3.63) is 34.3 Å².